The van der Waals surface area contributed by atoms with Crippen molar-refractivity contribution in [2.45, 2.75) is 32.4 Å². The van der Waals surface area contributed by atoms with Crippen LogP contribution in [0.3, 0.4) is 0 Å². The first-order valence-corrected chi connectivity index (χ1v) is 6.57. The fourth-order valence-corrected chi connectivity index (χ4v) is 1.98. The summed E-state index contributed by atoms with van der Waals surface area (Å²) in [6.07, 6.45) is 4.52. The molecule has 1 aromatic heterocycles. The monoisotopic (exact) mass is 257 g/mol. The molecule has 2 aromatic rings. The molecule has 1 aromatic carbocycles. The highest BCUT2D eigenvalue weighted by Gasteiger charge is 2.12. The Bertz CT molecular complexity index is 533. The zero-order valence-electron chi connectivity index (χ0n) is 11.1. The number of hydrogen-bond acceptors (Lipinski definition) is 3. The summed E-state index contributed by atoms with van der Waals surface area (Å²) in [7, 11) is 0. The summed E-state index contributed by atoms with van der Waals surface area (Å²) in [6, 6.07) is 9.77. The van der Waals surface area contributed by atoms with Gasteiger partial charge in [-0.1, -0.05) is 30.3 Å². The number of hydrogen-bond donors (Lipinski definition) is 1. The van der Waals surface area contributed by atoms with Gasteiger partial charge >= 0.3 is 0 Å². The van der Waals surface area contributed by atoms with Crippen LogP contribution in [0, 0.1) is 0 Å². The molecule has 100 valence electrons. The highest BCUT2D eigenvalue weighted by Crippen LogP contribution is 2.16. The second-order valence-electron chi connectivity index (χ2n) is 4.56. The minimum Gasteiger partial charge on any atom is -0.324 e. The van der Waals surface area contributed by atoms with Crippen LogP contribution in [0.25, 0.3) is 0 Å². The number of nitrogens with two attached hydrogens (primary N) is 1. The van der Waals surface area contributed by atoms with Gasteiger partial charge in [-0.3, -0.25) is 9.48 Å². The smallest absolute Gasteiger partial charge is 0.166 e. The Kier molecular flexibility index (Phi) is 4.47. The average Bonchev–Trinajstić information content (AvgIpc) is 2.94. The van der Waals surface area contributed by atoms with E-state index in [4.69, 9.17) is 5.73 Å². The van der Waals surface area contributed by atoms with Gasteiger partial charge in [0.05, 0.1) is 11.8 Å². The molecular weight excluding hydrogens is 238 g/mol. The van der Waals surface area contributed by atoms with Crippen molar-refractivity contribution in [2.75, 3.05) is 0 Å². The molecule has 1 atom stereocenters. The molecule has 4 heteroatoms. The fourth-order valence-electron chi connectivity index (χ4n) is 1.98. The molecule has 2 N–H and O–H groups in total. The molecule has 0 aliphatic heterocycles. The lowest BCUT2D eigenvalue weighted by Crippen LogP contribution is -2.12. The van der Waals surface area contributed by atoms with E-state index in [0.29, 0.717) is 18.4 Å². The van der Waals surface area contributed by atoms with Gasteiger partial charge in [0.15, 0.2) is 5.78 Å². The van der Waals surface area contributed by atoms with Crippen LogP contribution >= 0.6 is 0 Å². The zero-order chi connectivity index (χ0) is 13.7. The number of benzene rings is 1. The van der Waals surface area contributed by atoms with Crippen molar-refractivity contribution in [1.82, 2.24) is 9.78 Å². The Morgan fingerprint density at radius 3 is 2.74 bits per heavy atom. The van der Waals surface area contributed by atoms with E-state index < -0.39 is 0 Å². The van der Waals surface area contributed by atoms with Crippen LogP contribution in [0.1, 0.15) is 41.7 Å². The molecule has 1 unspecified atom stereocenters. The molecule has 0 aliphatic carbocycles. The van der Waals surface area contributed by atoms with Crippen LogP contribution in [-0.4, -0.2) is 15.6 Å². The van der Waals surface area contributed by atoms with E-state index in [1.165, 1.54) is 0 Å². The molecule has 19 heavy (non-hydrogen) atoms. The molecule has 0 fully saturated rings. The summed E-state index contributed by atoms with van der Waals surface area (Å²) in [6.45, 7) is 2.77. The highest BCUT2D eigenvalue weighted by atomic mass is 16.1. The predicted octanol–water partition coefficient (Wildman–Crippen LogP) is 2.57. The summed E-state index contributed by atoms with van der Waals surface area (Å²) in [5, 5.41) is 4.11. The molecule has 2 rings (SSSR count). The van der Waals surface area contributed by atoms with Crippen LogP contribution in [0.15, 0.2) is 42.7 Å². The number of nitrogens with zero attached hydrogens (tertiary/aromatic N) is 2. The third-order valence-electron chi connectivity index (χ3n) is 3.19. The number of ketones is 1. The minimum absolute atomic E-state index is 0.0913. The molecule has 0 spiro atoms. The summed E-state index contributed by atoms with van der Waals surface area (Å²) in [4.78, 5) is 12.0. The maximum Gasteiger partial charge on any atom is 0.166 e. The maximum absolute atomic E-state index is 12.0. The highest BCUT2D eigenvalue weighted by molar-refractivity contribution is 5.95. The van der Waals surface area contributed by atoms with E-state index in [1.54, 1.807) is 17.1 Å². The van der Waals surface area contributed by atoms with Crippen LogP contribution in [0.4, 0.5) is 0 Å². The largest absolute Gasteiger partial charge is 0.324 e. The van der Waals surface area contributed by atoms with E-state index in [-0.39, 0.29) is 11.8 Å². The van der Waals surface area contributed by atoms with Gasteiger partial charge in [0.1, 0.15) is 0 Å². The zero-order valence-corrected chi connectivity index (χ0v) is 11.1. The van der Waals surface area contributed by atoms with E-state index in [1.807, 2.05) is 37.3 Å². The normalized spacial score (nSPS) is 12.3. The Labute approximate surface area is 113 Å². The van der Waals surface area contributed by atoms with Crippen molar-refractivity contribution in [3.05, 3.63) is 53.9 Å². The molecule has 0 saturated carbocycles. The molecule has 0 radical (unpaired) electrons. The lowest BCUT2D eigenvalue weighted by molar-refractivity contribution is 0.0977. The van der Waals surface area contributed by atoms with Crippen molar-refractivity contribution in [1.29, 1.82) is 0 Å². The SMILES string of the molecule is CCn1cc(C(=O)CCC(N)c2ccccc2)cn1. The van der Waals surface area contributed by atoms with Crippen molar-refractivity contribution in [2.24, 2.45) is 5.73 Å². The quantitative estimate of drug-likeness (QED) is 0.809. The standard InChI is InChI=1S/C15H19N3O/c1-2-18-11-13(10-17-18)15(19)9-8-14(16)12-6-4-3-5-7-12/h3-7,10-11,14H,2,8-9,16H2,1H3. The molecule has 0 amide bonds. The van der Waals surface area contributed by atoms with E-state index in [0.717, 1.165) is 12.1 Å². The van der Waals surface area contributed by atoms with Gasteiger partial charge in [0.2, 0.25) is 0 Å². The minimum atomic E-state index is -0.0913. The molecule has 4 nitrogen and oxygen atoms in total. The van der Waals surface area contributed by atoms with E-state index in [9.17, 15) is 4.79 Å². The number of carbonyl (C=O) groups is 1. The van der Waals surface area contributed by atoms with Crippen molar-refractivity contribution >= 4 is 5.78 Å². The van der Waals surface area contributed by atoms with Crippen molar-refractivity contribution in [3.8, 4) is 0 Å². The Hall–Kier alpha value is -1.94. The molecular formula is C15H19N3O. The number of rotatable bonds is 6. The van der Waals surface area contributed by atoms with Crippen LogP contribution in [0.2, 0.25) is 0 Å². The third kappa shape index (κ3) is 3.51. The molecule has 0 aliphatic rings. The van der Waals surface area contributed by atoms with Gasteiger partial charge in [-0.15, -0.1) is 0 Å². The Morgan fingerprint density at radius 1 is 1.37 bits per heavy atom. The summed E-state index contributed by atoms with van der Waals surface area (Å²) < 4.78 is 1.75. The van der Waals surface area contributed by atoms with Crippen LogP contribution in [-0.2, 0) is 6.54 Å². The lowest BCUT2D eigenvalue weighted by Gasteiger charge is -2.10. The first-order chi connectivity index (χ1) is 9.20. The second kappa shape index (κ2) is 6.29. The average molecular weight is 257 g/mol. The number of Topliss-reactive ketones (excluding diaryl/α,β-unsaturated/α-hetero) is 1. The van der Waals surface area contributed by atoms with Crippen molar-refractivity contribution in [3.63, 3.8) is 0 Å². The van der Waals surface area contributed by atoms with Gasteiger partial charge in [-0.05, 0) is 18.9 Å². The van der Waals surface area contributed by atoms with E-state index in [2.05, 4.69) is 5.10 Å². The molecule has 0 bridgehead atoms. The van der Waals surface area contributed by atoms with Gasteiger partial charge in [0, 0.05) is 25.2 Å². The number of aryl methyl sites for hydroxylation is 1. The van der Waals surface area contributed by atoms with Gasteiger partial charge in [-0.2, -0.15) is 5.10 Å². The first kappa shape index (κ1) is 13.5. The summed E-state index contributed by atoms with van der Waals surface area (Å²) in [5.74, 6) is 0.103. The summed E-state index contributed by atoms with van der Waals surface area (Å²) in [5.41, 5.74) is 7.82. The topological polar surface area (TPSA) is 60.9 Å². The Balaban J connectivity index is 1.90. The van der Waals surface area contributed by atoms with Crippen LogP contribution in [0.5, 0.6) is 0 Å². The number of aromatic nitrogens is 2. The maximum atomic E-state index is 12.0. The Morgan fingerprint density at radius 2 is 2.11 bits per heavy atom. The van der Waals surface area contributed by atoms with Crippen molar-refractivity contribution < 1.29 is 4.79 Å². The third-order valence-corrected chi connectivity index (χ3v) is 3.19. The predicted molar refractivity (Wildman–Crippen MR) is 74.8 cm³/mol. The van der Waals surface area contributed by atoms with Gasteiger partial charge in [0.25, 0.3) is 0 Å². The second-order valence-corrected chi connectivity index (χ2v) is 4.56. The van der Waals surface area contributed by atoms with Gasteiger partial charge in [-0.25, -0.2) is 0 Å². The number of carbonyl (C=O) groups excluding carboxylic acids is 1. The summed E-state index contributed by atoms with van der Waals surface area (Å²) >= 11 is 0. The van der Waals surface area contributed by atoms with E-state index >= 15 is 0 Å². The lowest BCUT2D eigenvalue weighted by atomic mass is 10.0. The van der Waals surface area contributed by atoms with Gasteiger partial charge < -0.3 is 5.73 Å². The molecule has 0 saturated heterocycles. The fraction of sp³-hybridized carbons (Fsp3) is 0.333. The molecule has 1 heterocycles. The van der Waals surface area contributed by atoms with Crippen LogP contribution < -0.4 is 5.73 Å². The first-order valence-electron chi connectivity index (χ1n) is 6.57.